The molecule has 1 rings (SSSR count). The summed E-state index contributed by atoms with van der Waals surface area (Å²) in [4.78, 5) is 45.7. The molecular weight excluding hydrogens is 409 g/mol. The number of amides is 2. The second-order valence-electron chi connectivity index (χ2n) is 7.78. The lowest BCUT2D eigenvalue weighted by molar-refractivity contribution is -0.139. The summed E-state index contributed by atoms with van der Waals surface area (Å²) in [6, 6.07) is 5.33. The average Bonchev–Trinajstić information content (AvgIpc) is 2.67. The first-order valence-electron chi connectivity index (χ1n) is 9.90. The van der Waals surface area contributed by atoms with E-state index in [9.17, 15) is 23.9 Å². The fraction of sp³-hybridized carbons (Fsp3) is 0.600. The van der Waals surface area contributed by atoms with E-state index >= 15 is 0 Å². The van der Waals surface area contributed by atoms with Gasteiger partial charge in [-0.25, -0.2) is 0 Å². The van der Waals surface area contributed by atoms with Crippen molar-refractivity contribution in [1.82, 2.24) is 10.2 Å². The number of nitrogens with zero attached hydrogens (tertiary/aromatic N) is 1. The number of carbonyl (C=O) groups excluding carboxylic acids is 2. The van der Waals surface area contributed by atoms with Gasteiger partial charge in [0, 0.05) is 13.5 Å². The van der Waals surface area contributed by atoms with Crippen LogP contribution in [0.1, 0.15) is 39.2 Å². The summed E-state index contributed by atoms with van der Waals surface area (Å²) in [5.74, 6) is -1.49. The van der Waals surface area contributed by atoms with E-state index in [1.165, 1.54) is 11.9 Å². The normalized spacial score (nSPS) is 14.8. The van der Waals surface area contributed by atoms with Crippen molar-refractivity contribution in [2.75, 3.05) is 14.2 Å². The van der Waals surface area contributed by atoms with Crippen molar-refractivity contribution in [3.63, 3.8) is 0 Å². The maximum Gasteiger partial charge on any atom is 0.342 e. The Kier molecular flexibility index (Phi) is 9.97. The highest BCUT2D eigenvalue weighted by atomic mass is 31.2. The van der Waals surface area contributed by atoms with Crippen LogP contribution in [0, 0.1) is 5.92 Å². The van der Waals surface area contributed by atoms with Gasteiger partial charge in [0.25, 0.3) is 0 Å². The molecule has 0 saturated heterocycles. The number of benzene rings is 1. The highest BCUT2D eigenvalue weighted by Crippen LogP contribution is 2.41. The lowest BCUT2D eigenvalue weighted by Gasteiger charge is -2.32. The van der Waals surface area contributed by atoms with Crippen LogP contribution in [0.25, 0.3) is 0 Å². The molecular formula is C20H34N3O6P. The number of nitrogens with one attached hydrogen (secondary N) is 1. The first-order chi connectivity index (χ1) is 13.9. The number of rotatable bonds is 12. The Labute approximate surface area is 178 Å². The van der Waals surface area contributed by atoms with E-state index in [1.807, 2.05) is 13.8 Å². The van der Waals surface area contributed by atoms with Crippen LogP contribution in [0.4, 0.5) is 0 Å². The van der Waals surface area contributed by atoms with Crippen molar-refractivity contribution in [3.05, 3.63) is 29.8 Å². The van der Waals surface area contributed by atoms with E-state index in [2.05, 4.69) is 5.32 Å². The van der Waals surface area contributed by atoms with E-state index in [1.54, 1.807) is 38.3 Å². The number of hydrogen-bond donors (Lipinski definition) is 4. The van der Waals surface area contributed by atoms with Crippen molar-refractivity contribution in [3.8, 4) is 5.75 Å². The maximum absolute atomic E-state index is 13.2. The third-order valence-electron chi connectivity index (χ3n) is 4.92. The molecule has 5 N–H and O–H groups in total. The number of carbonyl (C=O) groups is 2. The summed E-state index contributed by atoms with van der Waals surface area (Å²) >= 11 is 0. The molecule has 0 aliphatic rings. The van der Waals surface area contributed by atoms with Gasteiger partial charge in [-0.1, -0.05) is 32.9 Å². The quantitative estimate of drug-likeness (QED) is 0.358. The highest BCUT2D eigenvalue weighted by Gasteiger charge is 2.35. The number of methoxy groups -OCH3 is 1. The molecule has 0 aliphatic heterocycles. The van der Waals surface area contributed by atoms with Gasteiger partial charge in [0.15, 0.2) is 0 Å². The number of nitrogens with two attached hydrogens (primary N) is 1. The molecule has 170 valence electrons. The molecule has 0 bridgehead atoms. The molecule has 0 radical (unpaired) electrons. The molecule has 2 amide bonds. The van der Waals surface area contributed by atoms with Crippen molar-refractivity contribution in [2.24, 2.45) is 11.7 Å². The molecule has 0 aliphatic carbocycles. The van der Waals surface area contributed by atoms with Crippen LogP contribution in [0.3, 0.4) is 0 Å². The predicted molar refractivity (Wildman–Crippen MR) is 115 cm³/mol. The molecule has 0 heterocycles. The zero-order valence-corrected chi connectivity index (χ0v) is 19.1. The number of primary amides is 1. The lowest BCUT2D eigenvalue weighted by Crippen LogP contribution is -2.55. The molecule has 1 aromatic carbocycles. The first-order valence-corrected chi connectivity index (χ1v) is 11.6. The maximum atomic E-state index is 13.2. The number of likely N-dealkylation sites (N-methyl/N-ethyl adjacent to an activating group) is 1. The third-order valence-corrected chi connectivity index (χ3v) is 6.25. The summed E-state index contributed by atoms with van der Waals surface area (Å²) in [7, 11) is -1.40. The van der Waals surface area contributed by atoms with Gasteiger partial charge in [0.1, 0.15) is 17.6 Å². The Balaban J connectivity index is 3.07. The smallest absolute Gasteiger partial charge is 0.342 e. The van der Waals surface area contributed by atoms with Crippen LogP contribution < -0.4 is 15.8 Å². The molecule has 9 nitrogen and oxygen atoms in total. The summed E-state index contributed by atoms with van der Waals surface area (Å²) in [6.07, 6.45) is 0.723. The van der Waals surface area contributed by atoms with E-state index in [0.717, 1.165) is 5.56 Å². The van der Waals surface area contributed by atoms with Gasteiger partial charge in [0.05, 0.1) is 13.2 Å². The van der Waals surface area contributed by atoms with Gasteiger partial charge in [-0.15, -0.1) is 0 Å². The molecule has 1 unspecified atom stereocenters. The van der Waals surface area contributed by atoms with Gasteiger partial charge in [-0.3, -0.25) is 19.5 Å². The topological polar surface area (TPSA) is 142 Å². The second-order valence-corrected chi connectivity index (χ2v) is 9.58. The minimum Gasteiger partial charge on any atom is -0.497 e. The van der Waals surface area contributed by atoms with Gasteiger partial charge in [0.2, 0.25) is 11.8 Å². The van der Waals surface area contributed by atoms with E-state index < -0.39 is 37.3 Å². The Morgan fingerprint density at radius 1 is 1.23 bits per heavy atom. The molecule has 0 aromatic heterocycles. The summed E-state index contributed by atoms with van der Waals surface area (Å²) in [5, 5.41) is 2.81. The molecule has 0 spiro atoms. The third kappa shape index (κ3) is 7.72. The van der Waals surface area contributed by atoms with Crippen molar-refractivity contribution in [2.45, 2.75) is 57.9 Å². The summed E-state index contributed by atoms with van der Waals surface area (Å²) in [6.45, 7) is 5.44. The van der Waals surface area contributed by atoms with Crippen LogP contribution in [0.5, 0.6) is 5.75 Å². The number of hydrogen-bond acceptors (Lipinski definition) is 5. The van der Waals surface area contributed by atoms with Crippen molar-refractivity contribution >= 4 is 19.4 Å². The largest absolute Gasteiger partial charge is 0.497 e. The Morgan fingerprint density at radius 2 is 1.80 bits per heavy atom. The Morgan fingerprint density at radius 3 is 2.20 bits per heavy atom. The molecule has 30 heavy (non-hydrogen) atoms. The second kappa shape index (κ2) is 11.5. The monoisotopic (exact) mass is 443 g/mol. The van der Waals surface area contributed by atoms with Gasteiger partial charge in [-0.2, -0.15) is 0 Å². The van der Waals surface area contributed by atoms with Crippen LogP contribution in [0.15, 0.2) is 24.3 Å². The van der Waals surface area contributed by atoms with Gasteiger partial charge in [-0.05, 0) is 36.5 Å². The molecule has 0 saturated carbocycles. The Bertz CT molecular complexity index is 749. The average molecular weight is 443 g/mol. The lowest BCUT2D eigenvalue weighted by atomic mass is 10.00. The highest BCUT2D eigenvalue weighted by molar-refractivity contribution is 7.52. The van der Waals surface area contributed by atoms with Crippen LogP contribution in [-0.4, -0.2) is 58.5 Å². The van der Waals surface area contributed by atoms with E-state index in [4.69, 9.17) is 10.5 Å². The fourth-order valence-corrected chi connectivity index (χ4v) is 4.06. The summed E-state index contributed by atoms with van der Waals surface area (Å²) in [5.41, 5.74) is 6.38. The minimum atomic E-state index is -4.43. The van der Waals surface area contributed by atoms with Gasteiger partial charge >= 0.3 is 7.60 Å². The van der Waals surface area contributed by atoms with Crippen LogP contribution in [-0.2, 0) is 20.6 Å². The summed E-state index contributed by atoms with van der Waals surface area (Å²) < 4.78 is 16.9. The van der Waals surface area contributed by atoms with Crippen molar-refractivity contribution < 1.29 is 28.7 Å². The number of ether oxygens (including phenoxy) is 1. The fourth-order valence-electron chi connectivity index (χ4n) is 3.21. The Hall–Kier alpha value is -1.93. The van der Waals surface area contributed by atoms with E-state index in [-0.39, 0.29) is 18.8 Å². The van der Waals surface area contributed by atoms with Gasteiger partial charge < -0.3 is 25.2 Å². The molecule has 10 heteroatoms. The molecule has 3 atom stereocenters. The van der Waals surface area contributed by atoms with E-state index in [0.29, 0.717) is 12.2 Å². The van der Waals surface area contributed by atoms with Crippen LogP contribution in [0.2, 0.25) is 0 Å². The zero-order chi connectivity index (χ0) is 23.1. The predicted octanol–water partition coefficient (Wildman–Crippen LogP) is 1.47. The first kappa shape index (κ1) is 26.1. The zero-order valence-electron chi connectivity index (χ0n) is 18.2. The standard InChI is InChI=1S/C20H34N3O6P/c1-6-18(30(26,27)28)22-16(11-13(2)3)20(25)23(4)17(19(21)24)12-14-7-9-15(29-5)10-8-14/h7-10,13,16-18,22H,6,11-12H2,1-5H3,(H2,21,24)(H2,26,27,28)/t16-,17-,18?/m0/s1. The molecule has 1 aromatic rings. The minimum absolute atomic E-state index is 0.0859. The molecule has 0 fully saturated rings. The van der Waals surface area contributed by atoms with Crippen LogP contribution >= 0.6 is 7.60 Å². The SMILES string of the molecule is CCC(N[C@@H](CC(C)C)C(=O)N(C)[C@@H](Cc1ccc(OC)cc1)C(N)=O)P(=O)(O)O. The van der Waals surface area contributed by atoms with Crippen molar-refractivity contribution in [1.29, 1.82) is 0 Å².